The smallest absolute Gasteiger partial charge is 0.251 e. The average molecular weight is 536 g/mol. The van der Waals surface area contributed by atoms with E-state index in [1.54, 1.807) is 26.3 Å². The lowest BCUT2D eigenvalue weighted by Crippen LogP contribution is -2.46. The summed E-state index contributed by atoms with van der Waals surface area (Å²) in [5.41, 5.74) is 5.57. The fraction of sp³-hybridized carbons (Fsp3) is 0.414. The second-order valence-corrected chi connectivity index (χ2v) is 10.8. The van der Waals surface area contributed by atoms with E-state index in [1.165, 1.54) is 5.69 Å². The first-order chi connectivity index (χ1) is 18.5. The number of methoxy groups -OCH3 is 1. The highest BCUT2D eigenvalue weighted by molar-refractivity contribution is 7.99. The third-order valence-corrected chi connectivity index (χ3v) is 8.31. The minimum Gasteiger partial charge on any atom is -0.495 e. The number of nitrogens with one attached hydrogen (secondary N) is 3. The van der Waals surface area contributed by atoms with Gasteiger partial charge in [0.2, 0.25) is 0 Å². The van der Waals surface area contributed by atoms with Crippen LogP contribution in [0.2, 0.25) is 0 Å². The molecular formula is C29H34FN5O2S. The highest BCUT2D eigenvalue weighted by Gasteiger charge is 2.28. The number of thioether (sulfide) groups is 1. The fourth-order valence-electron chi connectivity index (χ4n) is 5.11. The summed E-state index contributed by atoms with van der Waals surface area (Å²) in [6.07, 6.45) is 1.99. The summed E-state index contributed by atoms with van der Waals surface area (Å²) in [5, 5.41) is 10.6. The fourth-order valence-corrected chi connectivity index (χ4v) is 6.20. The number of rotatable bonds is 6. The maximum absolute atomic E-state index is 14.8. The van der Waals surface area contributed by atoms with Gasteiger partial charge in [0.1, 0.15) is 11.9 Å². The Balaban J connectivity index is 1.39. The van der Waals surface area contributed by atoms with Crippen LogP contribution in [0.15, 0.2) is 41.4 Å². The van der Waals surface area contributed by atoms with Gasteiger partial charge in [-0.3, -0.25) is 4.79 Å². The predicted octanol–water partition coefficient (Wildman–Crippen LogP) is 4.26. The second-order valence-electron chi connectivity index (χ2n) is 9.74. The summed E-state index contributed by atoms with van der Waals surface area (Å²) in [4.78, 5) is 14.0. The molecule has 0 saturated carbocycles. The number of hydrogen-bond acceptors (Lipinski definition) is 6. The summed E-state index contributed by atoms with van der Waals surface area (Å²) in [5.74, 6) is 8.08. The number of aryl methyl sites for hydroxylation is 1. The van der Waals surface area contributed by atoms with E-state index in [1.807, 2.05) is 29.8 Å². The number of carbonyl (C=O) groups excluding carboxylic acids is 1. The normalized spacial score (nSPS) is 19.3. The molecule has 7 nitrogen and oxygen atoms in total. The first kappa shape index (κ1) is 26.3. The molecule has 2 atom stereocenters. The zero-order valence-corrected chi connectivity index (χ0v) is 22.9. The third-order valence-electron chi connectivity index (χ3n) is 7.14. The first-order valence-corrected chi connectivity index (χ1v) is 14.0. The van der Waals surface area contributed by atoms with Crippen LogP contribution in [0.4, 0.5) is 15.8 Å². The van der Waals surface area contributed by atoms with E-state index in [0.717, 1.165) is 59.0 Å². The SMILES string of the molecule is CNC(=O)c1ccc(NCC#Cc2cc3c(N[C@@H]4CCN(C)C[C@@H]4F)ccc4n3c2SCCC4)c(OC)c1. The van der Waals surface area contributed by atoms with Crippen molar-refractivity contribution in [2.75, 3.05) is 57.2 Å². The van der Waals surface area contributed by atoms with Crippen LogP contribution in [0.5, 0.6) is 5.75 Å². The molecule has 0 aliphatic carbocycles. The molecule has 1 aromatic carbocycles. The van der Waals surface area contributed by atoms with E-state index in [-0.39, 0.29) is 11.9 Å². The number of pyridine rings is 1. The van der Waals surface area contributed by atoms with Crippen molar-refractivity contribution in [3.05, 3.63) is 53.2 Å². The van der Waals surface area contributed by atoms with Crippen molar-refractivity contribution >= 4 is 34.6 Å². The summed E-state index contributed by atoms with van der Waals surface area (Å²) in [6.45, 7) is 1.76. The van der Waals surface area contributed by atoms with Crippen LogP contribution >= 0.6 is 11.8 Å². The molecule has 5 rings (SSSR count). The molecule has 9 heteroatoms. The van der Waals surface area contributed by atoms with E-state index in [4.69, 9.17) is 4.74 Å². The van der Waals surface area contributed by atoms with Gasteiger partial charge >= 0.3 is 0 Å². The van der Waals surface area contributed by atoms with Gasteiger partial charge in [-0.05, 0) is 68.5 Å². The number of aromatic nitrogens is 1. The Labute approximate surface area is 227 Å². The standard InChI is InChI=1S/C29H34FN5O2S/c1-31-28(36)19-8-10-25(27(17-19)37-3)32-13-4-6-20-16-26-24(33-23-12-14-34(2)18-22(23)30)11-9-21-7-5-15-38-29(20)35(21)26/h8-11,16-17,22-23,32-33H,5,7,12-15,18H2,1-3H3,(H,31,36)/t22-,23+/m0/s1. The summed E-state index contributed by atoms with van der Waals surface area (Å²) in [6, 6.07) is 11.5. The average Bonchev–Trinajstić information content (AvgIpc) is 3.15. The minimum atomic E-state index is -0.902. The number of nitrogens with zero attached hydrogens (tertiary/aromatic N) is 2. The van der Waals surface area contributed by atoms with Gasteiger partial charge in [-0.15, -0.1) is 11.8 Å². The molecule has 1 fully saturated rings. The first-order valence-electron chi connectivity index (χ1n) is 13.0. The number of amides is 1. The number of likely N-dealkylation sites (tertiary alicyclic amines) is 1. The Morgan fingerprint density at radius 3 is 2.87 bits per heavy atom. The summed E-state index contributed by atoms with van der Waals surface area (Å²) < 4.78 is 22.6. The van der Waals surface area contributed by atoms with Crippen LogP contribution in [0.3, 0.4) is 0 Å². The van der Waals surface area contributed by atoms with Gasteiger partial charge in [0.05, 0.1) is 47.2 Å². The Kier molecular flexibility index (Phi) is 8.01. The van der Waals surface area contributed by atoms with Crippen LogP contribution in [0, 0.1) is 11.8 Å². The number of carbonyl (C=O) groups is 1. The van der Waals surface area contributed by atoms with E-state index < -0.39 is 6.17 Å². The van der Waals surface area contributed by atoms with Crippen LogP contribution in [0.1, 0.15) is 34.5 Å². The lowest BCUT2D eigenvalue weighted by atomic mass is 10.0. The highest BCUT2D eigenvalue weighted by Crippen LogP contribution is 2.35. The van der Waals surface area contributed by atoms with Crippen LogP contribution in [0.25, 0.3) is 5.52 Å². The minimum absolute atomic E-state index is 0.163. The highest BCUT2D eigenvalue weighted by atomic mass is 32.2. The predicted molar refractivity (Wildman–Crippen MR) is 153 cm³/mol. The number of anilines is 2. The maximum Gasteiger partial charge on any atom is 0.251 e. The molecule has 38 heavy (non-hydrogen) atoms. The van der Waals surface area contributed by atoms with Crippen molar-refractivity contribution in [3.8, 4) is 17.6 Å². The molecule has 3 N–H and O–H groups in total. The molecule has 1 saturated heterocycles. The number of halogens is 1. The van der Waals surface area contributed by atoms with Crippen molar-refractivity contribution in [1.29, 1.82) is 0 Å². The van der Waals surface area contributed by atoms with Gasteiger partial charge in [-0.2, -0.15) is 0 Å². The van der Waals surface area contributed by atoms with Crippen LogP contribution in [-0.4, -0.2) is 74.0 Å². The number of hydrogen-bond donors (Lipinski definition) is 3. The monoisotopic (exact) mass is 535 g/mol. The number of alkyl halides is 1. The largest absolute Gasteiger partial charge is 0.495 e. The molecule has 2 aliphatic heterocycles. The van der Waals surface area contributed by atoms with Gasteiger partial charge in [0, 0.05) is 31.4 Å². The van der Waals surface area contributed by atoms with E-state index in [2.05, 4.69) is 50.4 Å². The van der Waals surface area contributed by atoms with Gasteiger partial charge < -0.3 is 30.0 Å². The van der Waals surface area contributed by atoms with Crippen molar-refractivity contribution in [3.63, 3.8) is 0 Å². The number of ether oxygens (including phenoxy) is 1. The molecule has 4 heterocycles. The molecule has 3 aromatic rings. The van der Waals surface area contributed by atoms with E-state index in [9.17, 15) is 9.18 Å². The summed E-state index contributed by atoms with van der Waals surface area (Å²) >= 11 is 1.83. The molecule has 200 valence electrons. The molecule has 1 amide bonds. The van der Waals surface area contributed by atoms with E-state index in [0.29, 0.717) is 24.4 Å². The van der Waals surface area contributed by atoms with Gasteiger partial charge in [0.25, 0.3) is 5.91 Å². The van der Waals surface area contributed by atoms with Gasteiger partial charge in [-0.25, -0.2) is 4.39 Å². The van der Waals surface area contributed by atoms with E-state index >= 15 is 0 Å². The quantitative estimate of drug-likeness (QED) is 0.410. The molecule has 0 radical (unpaired) electrons. The van der Waals surface area contributed by atoms with Crippen molar-refractivity contribution in [2.45, 2.75) is 36.5 Å². The van der Waals surface area contributed by atoms with Crippen molar-refractivity contribution < 1.29 is 13.9 Å². The van der Waals surface area contributed by atoms with Crippen LogP contribution in [-0.2, 0) is 6.42 Å². The Hall–Kier alpha value is -3.35. The summed E-state index contributed by atoms with van der Waals surface area (Å²) in [7, 11) is 5.15. The zero-order chi connectivity index (χ0) is 26.6. The molecule has 0 unspecified atom stereocenters. The molecule has 2 aliphatic rings. The molecule has 0 spiro atoms. The van der Waals surface area contributed by atoms with Gasteiger partial charge in [0.15, 0.2) is 0 Å². The lowest BCUT2D eigenvalue weighted by Gasteiger charge is -2.33. The third kappa shape index (κ3) is 5.42. The molecular weight excluding hydrogens is 501 g/mol. The Morgan fingerprint density at radius 2 is 2.08 bits per heavy atom. The van der Waals surface area contributed by atoms with Gasteiger partial charge in [-0.1, -0.05) is 11.8 Å². The van der Waals surface area contributed by atoms with Crippen LogP contribution < -0.4 is 20.7 Å². The Bertz CT molecular complexity index is 1400. The molecule has 0 bridgehead atoms. The number of benzene rings is 1. The van der Waals surface area contributed by atoms with Crippen molar-refractivity contribution in [2.24, 2.45) is 0 Å². The lowest BCUT2D eigenvalue weighted by molar-refractivity contribution is 0.0962. The number of piperidine rings is 1. The second kappa shape index (κ2) is 11.6. The van der Waals surface area contributed by atoms with Crippen molar-refractivity contribution in [1.82, 2.24) is 14.6 Å². The molecule has 2 aromatic heterocycles. The Morgan fingerprint density at radius 1 is 1.24 bits per heavy atom. The maximum atomic E-state index is 14.8. The topological polar surface area (TPSA) is 70.0 Å². The zero-order valence-electron chi connectivity index (χ0n) is 22.1.